The van der Waals surface area contributed by atoms with Gasteiger partial charge in [0.05, 0.1) is 13.2 Å². The zero-order valence-electron chi connectivity index (χ0n) is 14.5. The summed E-state index contributed by atoms with van der Waals surface area (Å²) >= 11 is 0. The van der Waals surface area contributed by atoms with Gasteiger partial charge in [-0.25, -0.2) is 0 Å². The van der Waals surface area contributed by atoms with Gasteiger partial charge in [0.15, 0.2) is 12.6 Å². The maximum atomic E-state index is 11.6. The number of nitrogens with one attached hydrogen (secondary N) is 2. The topological polar surface area (TPSA) is 98.0 Å². The Hall–Kier alpha value is -1.55. The Labute approximate surface area is 165 Å². The molecule has 0 aliphatic heterocycles. The van der Waals surface area contributed by atoms with Crippen LogP contribution in [0, 0.1) is 0 Å². The van der Waals surface area contributed by atoms with Crippen LogP contribution in [0.15, 0.2) is 29.3 Å². The van der Waals surface area contributed by atoms with Gasteiger partial charge in [-0.3, -0.25) is 9.79 Å². The van der Waals surface area contributed by atoms with Crippen molar-refractivity contribution in [3.05, 3.63) is 29.8 Å². The first-order valence-corrected chi connectivity index (χ1v) is 8.21. The van der Waals surface area contributed by atoms with E-state index in [0.717, 1.165) is 24.8 Å². The van der Waals surface area contributed by atoms with Crippen molar-refractivity contribution in [1.82, 2.24) is 10.6 Å². The number of guanidine groups is 1. The quantitative estimate of drug-likeness (QED) is 0.209. The summed E-state index contributed by atoms with van der Waals surface area (Å²) in [5.41, 5.74) is 6.89. The number of methoxy groups -OCH3 is 1. The summed E-state index contributed by atoms with van der Waals surface area (Å²) in [5, 5.41) is 5.95. The summed E-state index contributed by atoms with van der Waals surface area (Å²) in [7, 11) is 1.63. The molecule has 1 fully saturated rings. The standard InChI is InChI=1S/C17H26N4O3.HI/c1-23-11-10-20-17(18)19-9-8-13-2-6-15(7-3-13)24-12-16(22)21-14-4-5-14;/h2-3,6-7,14H,4-5,8-12H2,1H3,(H,21,22)(H3,18,19,20);1H. The summed E-state index contributed by atoms with van der Waals surface area (Å²) in [6.45, 7) is 1.87. The van der Waals surface area contributed by atoms with Crippen LogP contribution in [0.4, 0.5) is 0 Å². The van der Waals surface area contributed by atoms with Crippen LogP contribution in [0.1, 0.15) is 18.4 Å². The van der Waals surface area contributed by atoms with Gasteiger partial charge >= 0.3 is 0 Å². The molecule has 8 heteroatoms. The Kier molecular flexibility index (Phi) is 10.2. The van der Waals surface area contributed by atoms with Gasteiger partial charge in [-0.1, -0.05) is 12.1 Å². The van der Waals surface area contributed by atoms with Crippen molar-refractivity contribution in [2.45, 2.75) is 25.3 Å². The predicted octanol–water partition coefficient (Wildman–Crippen LogP) is 1.06. The molecule has 0 atom stereocenters. The molecule has 1 aliphatic carbocycles. The Bertz CT molecular complexity index is 547. The van der Waals surface area contributed by atoms with Gasteiger partial charge in [0.25, 0.3) is 5.91 Å². The molecule has 7 nitrogen and oxygen atoms in total. The number of hydrogen-bond acceptors (Lipinski definition) is 4. The van der Waals surface area contributed by atoms with Crippen molar-refractivity contribution < 1.29 is 14.3 Å². The minimum absolute atomic E-state index is 0. The van der Waals surface area contributed by atoms with Crippen molar-refractivity contribution >= 4 is 35.8 Å². The van der Waals surface area contributed by atoms with Crippen LogP contribution in [0.5, 0.6) is 5.75 Å². The Morgan fingerprint density at radius 2 is 2.04 bits per heavy atom. The zero-order valence-corrected chi connectivity index (χ0v) is 16.8. The summed E-state index contributed by atoms with van der Waals surface area (Å²) in [5.74, 6) is 1.06. The molecule has 1 aliphatic rings. The van der Waals surface area contributed by atoms with Crippen LogP contribution in [-0.2, 0) is 16.0 Å². The van der Waals surface area contributed by atoms with Crippen molar-refractivity contribution in [2.75, 3.05) is 33.4 Å². The normalized spacial score (nSPS) is 13.7. The molecular formula is C17H27IN4O3. The molecule has 0 bridgehead atoms. The minimum atomic E-state index is -0.0611. The van der Waals surface area contributed by atoms with Crippen LogP contribution in [0.3, 0.4) is 0 Å². The molecule has 0 unspecified atom stereocenters. The van der Waals surface area contributed by atoms with E-state index in [1.807, 2.05) is 24.3 Å². The van der Waals surface area contributed by atoms with Crippen LogP contribution < -0.4 is 21.1 Å². The van der Waals surface area contributed by atoms with Crippen LogP contribution >= 0.6 is 24.0 Å². The molecule has 4 N–H and O–H groups in total. The number of benzene rings is 1. The van der Waals surface area contributed by atoms with E-state index in [0.29, 0.717) is 37.4 Å². The third-order valence-corrected chi connectivity index (χ3v) is 3.53. The summed E-state index contributed by atoms with van der Waals surface area (Å²) in [6, 6.07) is 8.06. The van der Waals surface area contributed by atoms with E-state index in [-0.39, 0.29) is 36.5 Å². The highest BCUT2D eigenvalue weighted by molar-refractivity contribution is 14.0. The highest BCUT2D eigenvalue weighted by atomic mass is 127. The molecule has 1 saturated carbocycles. The fraction of sp³-hybridized carbons (Fsp3) is 0.529. The number of carbonyl (C=O) groups is 1. The average molecular weight is 462 g/mol. The van der Waals surface area contributed by atoms with Crippen LogP contribution in [-0.4, -0.2) is 51.3 Å². The van der Waals surface area contributed by atoms with Gasteiger partial charge in [0.1, 0.15) is 5.75 Å². The maximum Gasteiger partial charge on any atom is 0.258 e. The first-order chi connectivity index (χ1) is 11.7. The Morgan fingerprint density at radius 1 is 1.32 bits per heavy atom. The lowest BCUT2D eigenvalue weighted by Gasteiger charge is -2.08. The zero-order chi connectivity index (χ0) is 17.2. The van der Waals surface area contributed by atoms with Crippen molar-refractivity contribution in [2.24, 2.45) is 10.7 Å². The molecule has 1 amide bonds. The molecule has 25 heavy (non-hydrogen) atoms. The summed E-state index contributed by atoms with van der Waals surface area (Å²) < 4.78 is 10.4. The van der Waals surface area contributed by atoms with Gasteiger partial charge in [0, 0.05) is 19.7 Å². The second kappa shape index (κ2) is 11.9. The van der Waals surface area contributed by atoms with Crippen LogP contribution in [0.25, 0.3) is 0 Å². The highest BCUT2D eigenvalue weighted by Crippen LogP contribution is 2.18. The molecule has 2 rings (SSSR count). The van der Waals surface area contributed by atoms with Gasteiger partial charge < -0.3 is 25.8 Å². The number of aliphatic imine (C=N–C) groups is 1. The Morgan fingerprint density at radius 3 is 2.68 bits per heavy atom. The summed E-state index contributed by atoms with van der Waals surface area (Å²) in [4.78, 5) is 15.7. The van der Waals surface area contributed by atoms with Crippen LogP contribution in [0.2, 0.25) is 0 Å². The number of hydrogen-bond donors (Lipinski definition) is 3. The highest BCUT2D eigenvalue weighted by Gasteiger charge is 2.23. The monoisotopic (exact) mass is 462 g/mol. The molecule has 1 aromatic rings. The molecule has 0 radical (unpaired) electrons. The molecule has 0 aromatic heterocycles. The number of ether oxygens (including phenoxy) is 2. The third-order valence-electron chi connectivity index (χ3n) is 3.53. The van der Waals surface area contributed by atoms with E-state index in [9.17, 15) is 4.79 Å². The lowest BCUT2D eigenvalue weighted by molar-refractivity contribution is -0.123. The third kappa shape index (κ3) is 9.49. The van der Waals surface area contributed by atoms with E-state index in [1.165, 1.54) is 0 Å². The first kappa shape index (κ1) is 21.5. The van der Waals surface area contributed by atoms with Crippen molar-refractivity contribution in [3.8, 4) is 5.75 Å². The van der Waals surface area contributed by atoms with E-state index in [4.69, 9.17) is 15.2 Å². The van der Waals surface area contributed by atoms with E-state index >= 15 is 0 Å². The molecule has 0 heterocycles. The lowest BCUT2D eigenvalue weighted by Crippen LogP contribution is -2.33. The number of nitrogens with zero attached hydrogens (tertiary/aromatic N) is 1. The molecular weight excluding hydrogens is 435 g/mol. The smallest absolute Gasteiger partial charge is 0.258 e. The molecule has 140 valence electrons. The lowest BCUT2D eigenvalue weighted by atomic mass is 10.1. The van der Waals surface area contributed by atoms with Gasteiger partial charge in [-0.15, -0.1) is 24.0 Å². The number of rotatable bonds is 10. The minimum Gasteiger partial charge on any atom is -0.484 e. The number of amides is 1. The maximum absolute atomic E-state index is 11.6. The van der Waals surface area contributed by atoms with E-state index < -0.39 is 0 Å². The summed E-state index contributed by atoms with van der Waals surface area (Å²) in [6.07, 6.45) is 2.98. The molecule has 0 saturated heterocycles. The van der Waals surface area contributed by atoms with Crippen molar-refractivity contribution in [3.63, 3.8) is 0 Å². The Balaban J connectivity index is 0.00000312. The van der Waals surface area contributed by atoms with Gasteiger partial charge in [0.2, 0.25) is 0 Å². The molecule has 1 aromatic carbocycles. The molecule has 0 spiro atoms. The average Bonchev–Trinajstić information content (AvgIpc) is 3.38. The fourth-order valence-corrected chi connectivity index (χ4v) is 2.05. The number of carbonyl (C=O) groups excluding carboxylic acids is 1. The van der Waals surface area contributed by atoms with Crippen molar-refractivity contribution in [1.29, 1.82) is 0 Å². The second-order valence-corrected chi connectivity index (χ2v) is 5.71. The van der Waals surface area contributed by atoms with Gasteiger partial charge in [-0.05, 0) is 37.0 Å². The first-order valence-electron chi connectivity index (χ1n) is 8.21. The SMILES string of the molecule is COCCN=C(N)NCCc1ccc(OCC(=O)NC2CC2)cc1.I. The number of nitrogens with two attached hydrogens (primary N) is 1. The van der Waals surface area contributed by atoms with E-state index in [2.05, 4.69) is 15.6 Å². The predicted molar refractivity (Wildman–Crippen MR) is 109 cm³/mol. The second-order valence-electron chi connectivity index (χ2n) is 5.71. The largest absolute Gasteiger partial charge is 0.484 e. The number of halogens is 1. The fourth-order valence-electron chi connectivity index (χ4n) is 2.05. The van der Waals surface area contributed by atoms with E-state index in [1.54, 1.807) is 7.11 Å². The van der Waals surface area contributed by atoms with Gasteiger partial charge in [-0.2, -0.15) is 0 Å².